The van der Waals surface area contributed by atoms with Crippen LogP contribution in [-0.4, -0.2) is 29.5 Å². The van der Waals surface area contributed by atoms with Crippen LogP contribution >= 0.6 is 0 Å². The fourth-order valence-electron chi connectivity index (χ4n) is 1.78. The molecule has 0 saturated carbocycles. The first kappa shape index (κ1) is 10.8. The number of nitriles is 1. The number of nitrogens with zero attached hydrogens (tertiary/aromatic N) is 3. The van der Waals surface area contributed by atoms with E-state index >= 15 is 0 Å². The number of anilines is 1. The topological polar surface area (TPSA) is 70.8 Å². The summed E-state index contributed by atoms with van der Waals surface area (Å²) in [7, 11) is 0. The lowest BCUT2D eigenvalue weighted by Crippen LogP contribution is -2.13. The molecule has 1 aromatic rings. The Morgan fingerprint density at radius 3 is 3.31 bits per heavy atom. The molecular weight excluding hydrogens is 204 g/mol. The van der Waals surface area contributed by atoms with E-state index in [9.17, 15) is 0 Å². The van der Waals surface area contributed by atoms with E-state index in [2.05, 4.69) is 21.6 Å². The summed E-state index contributed by atoms with van der Waals surface area (Å²) in [6.45, 7) is 1.64. The molecule has 0 amide bonds. The van der Waals surface area contributed by atoms with Crippen LogP contribution in [0.1, 0.15) is 24.8 Å². The normalized spacial score (nSPS) is 19.3. The van der Waals surface area contributed by atoms with E-state index in [4.69, 9.17) is 10.00 Å². The van der Waals surface area contributed by atoms with Gasteiger partial charge < -0.3 is 10.1 Å². The zero-order valence-electron chi connectivity index (χ0n) is 9.02. The Kier molecular flexibility index (Phi) is 3.67. The van der Waals surface area contributed by atoms with Crippen molar-refractivity contribution in [1.29, 1.82) is 5.26 Å². The largest absolute Gasteiger partial charge is 0.378 e. The number of nitrogens with one attached hydrogen (secondary N) is 1. The third kappa shape index (κ3) is 2.67. The molecule has 1 aliphatic heterocycles. The lowest BCUT2D eigenvalue weighted by Gasteiger charge is -2.10. The zero-order chi connectivity index (χ0) is 11.2. The number of hydrogen-bond acceptors (Lipinski definition) is 5. The summed E-state index contributed by atoms with van der Waals surface area (Å²) in [5, 5.41) is 19.6. The predicted octanol–water partition coefficient (Wildman–Crippen LogP) is 1.33. The van der Waals surface area contributed by atoms with E-state index < -0.39 is 0 Å². The van der Waals surface area contributed by atoms with Crippen molar-refractivity contribution in [1.82, 2.24) is 10.2 Å². The van der Waals surface area contributed by atoms with E-state index in [1.165, 1.54) is 6.20 Å². The summed E-state index contributed by atoms with van der Waals surface area (Å²) in [5.74, 6) is 0.558. The molecule has 1 aromatic heterocycles. The molecule has 2 heterocycles. The van der Waals surface area contributed by atoms with Crippen molar-refractivity contribution >= 4 is 5.82 Å². The monoisotopic (exact) mass is 218 g/mol. The van der Waals surface area contributed by atoms with Crippen LogP contribution in [0.5, 0.6) is 0 Å². The molecule has 16 heavy (non-hydrogen) atoms. The Labute approximate surface area is 94.4 Å². The van der Waals surface area contributed by atoms with Crippen LogP contribution in [0.4, 0.5) is 5.82 Å². The van der Waals surface area contributed by atoms with Crippen molar-refractivity contribution in [2.45, 2.75) is 25.4 Å². The summed E-state index contributed by atoms with van der Waals surface area (Å²) in [6.07, 6.45) is 5.10. The summed E-state index contributed by atoms with van der Waals surface area (Å²) < 4.78 is 5.51. The fraction of sp³-hybridized carbons (Fsp3) is 0.545. The number of ether oxygens (including phenoxy) is 1. The maximum atomic E-state index is 8.85. The van der Waals surface area contributed by atoms with Crippen molar-refractivity contribution in [2.24, 2.45) is 0 Å². The van der Waals surface area contributed by atoms with E-state index in [0.29, 0.717) is 17.5 Å². The molecule has 1 unspecified atom stereocenters. The first-order valence-corrected chi connectivity index (χ1v) is 5.47. The number of hydrogen-bond donors (Lipinski definition) is 1. The third-order valence-corrected chi connectivity index (χ3v) is 2.62. The van der Waals surface area contributed by atoms with Gasteiger partial charge in [-0.05, 0) is 25.3 Å². The molecule has 5 heteroatoms. The lowest BCUT2D eigenvalue weighted by molar-refractivity contribution is 0.107. The van der Waals surface area contributed by atoms with Crippen LogP contribution in [0.15, 0.2) is 12.3 Å². The van der Waals surface area contributed by atoms with Crippen LogP contribution in [0.25, 0.3) is 0 Å². The summed E-state index contributed by atoms with van der Waals surface area (Å²) in [6, 6.07) is 3.73. The Morgan fingerprint density at radius 2 is 2.56 bits per heavy atom. The van der Waals surface area contributed by atoms with Crippen molar-refractivity contribution in [3.63, 3.8) is 0 Å². The van der Waals surface area contributed by atoms with E-state index in [-0.39, 0.29) is 0 Å². The van der Waals surface area contributed by atoms with Gasteiger partial charge in [-0.1, -0.05) is 0 Å². The van der Waals surface area contributed by atoms with Crippen LogP contribution in [0.3, 0.4) is 0 Å². The molecule has 1 aliphatic rings. The highest BCUT2D eigenvalue weighted by Gasteiger charge is 2.14. The number of rotatable bonds is 4. The third-order valence-electron chi connectivity index (χ3n) is 2.62. The Bertz CT molecular complexity index is 382. The molecule has 0 aliphatic carbocycles. The quantitative estimate of drug-likeness (QED) is 0.825. The van der Waals surface area contributed by atoms with Gasteiger partial charge in [-0.3, -0.25) is 0 Å². The summed E-state index contributed by atoms with van der Waals surface area (Å²) >= 11 is 0. The second-order valence-electron chi connectivity index (χ2n) is 3.76. The Balaban J connectivity index is 1.82. The maximum absolute atomic E-state index is 8.85. The second kappa shape index (κ2) is 5.42. The second-order valence-corrected chi connectivity index (χ2v) is 3.76. The van der Waals surface area contributed by atoms with Gasteiger partial charge in [0.1, 0.15) is 6.07 Å². The van der Waals surface area contributed by atoms with Gasteiger partial charge >= 0.3 is 0 Å². The van der Waals surface area contributed by atoms with Gasteiger partial charge in [0.2, 0.25) is 0 Å². The van der Waals surface area contributed by atoms with Crippen LogP contribution in [0.2, 0.25) is 0 Å². The SMILES string of the molecule is N#Cc1ccnnc1NCCC1CCCO1. The molecule has 2 rings (SSSR count). The highest BCUT2D eigenvalue weighted by Crippen LogP contribution is 2.15. The van der Waals surface area contributed by atoms with E-state index in [1.807, 2.05) is 0 Å². The summed E-state index contributed by atoms with van der Waals surface area (Å²) in [5.41, 5.74) is 0.530. The average Bonchev–Trinajstić information content (AvgIpc) is 2.83. The minimum atomic E-state index is 0.356. The van der Waals surface area contributed by atoms with Gasteiger partial charge in [0.25, 0.3) is 0 Å². The molecule has 0 bridgehead atoms. The minimum absolute atomic E-state index is 0.356. The molecule has 0 spiro atoms. The highest BCUT2D eigenvalue weighted by atomic mass is 16.5. The number of aromatic nitrogens is 2. The molecule has 1 N–H and O–H groups in total. The van der Waals surface area contributed by atoms with Crippen molar-refractivity contribution in [2.75, 3.05) is 18.5 Å². The van der Waals surface area contributed by atoms with Gasteiger partial charge in [-0.2, -0.15) is 10.4 Å². The summed E-state index contributed by atoms with van der Waals surface area (Å²) in [4.78, 5) is 0. The van der Waals surface area contributed by atoms with Crippen molar-refractivity contribution in [3.05, 3.63) is 17.8 Å². The van der Waals surface area contributed by atoms with Gasteiger partial charge in [0, 0.05) is 13.2 Å². The first-order chi connectivity index (χ1) is 7.90. The fourth-order valence-corrected chi connectivity index (χ4v) is 1.78. The average molecular weight is 218 g/mol. The van der Waals surface area contributed by atoms with E-state index in [1.54, 1.807) is 6.07 Å². The first-order valence-electron chi connectivity index (χ1n) is 5.47. The van der Waals surface area contributed by atoms with Gasteiger partial charge in [0.15, 0.2) is 5.82 Å². The standard InChI is InChI=1S/C11H14N4O/c12-8-9-3-6-14-15-11(9)13-5-4-10-2-1-7-16-10/h3,6,10H,1-2,4-5,7H2,(H,13,15). The van der Waals surface area contributed by atoms with E-state index in [0.717, 1.165) is 32.4 Å². The molecular formula is C11H14N4O. The smallest absolute Gasteiger partial charge is 0.166 e. The van der Waals surface area contributed by atoms with Gasteiger partial charge in [0.05, 0.1) is 17.9 Å². The van der Waals surface area contributed by atoms with Crippen LogP contribution in [0, 0.1) is 11.3 Å². The molecule has 1 fully saturated rings. The highest BCUT2D eigenvalue weighted by molar-refractivity contribution is 5.49. The zero-order valence-corrected chi connectivity index (χ0v) is 9.02. The lowest BCUT2D eigenvalue weighted by atomic mass is 10.2. The van der Waals surface area contributed by atoms with Gasteiger partial charge in [-0.25, -0.2) is 0 Å². The van der Waals surface area contributed by atoms with Crippen molar-refractivity contribution in [3.8, 4) is 6.07 Å². The molecule has 0 aromatic carbocycles. The minimum Gasteiger partial charge on any atom is -0.378 e. The Morgan fingerprint density at radius 1 is 1.62 bits per heavy atom. The Hall–Kier alpha value is -1.67. The molecule has 1 saturated heterocycles. The van der Waals surface area contributed by atoms with Gasteiger partial charge in [-0.15, -0.1) is 5.10 Å². The molecule has 5 nitrogen and oxygen atoms in total. The molecule has 1 atom stereocenters. The molecule has 0 radical (unpaired) electrons. The predicted molar refractivity (Wildman–Crippen MR) is 58.8 cm³/mol. The van der Waals surface area contributed by atoms with Crippen LogP contribution in [-0.2, 0) is 4.74 Å². The van der Waals surface area contributed by atoms with Crippen molar-refractivity contribution < 1.29 is 4.74 Å². The molecule has 84 valence electrons. The maximum Gasteiger partial charge on any atom is 0.166 e. The van der Waals surface area contributed by atoms with Crippen LogP contribution < -0.4 is 5.32 Å².